The molecular weight excluding hydrogens is 301 g/mol. The van der Waals surface area contributed by atoms with Crippen molar-refractivity contribution in [2.75, 3.05) is 25.1 Å². The van der Waals surface area contributed by atoms with Crippen molar-refractivity contribution < 1.29 is 14.0 Å². The second-order valence-corrected chi connectivity index (χ2v) is 8.32. The Morgan fingerprint density at radius 3 is 1.88 bits per heavy atom. The number of nitrogens with zero attached hydrogens (tertiary/aromatic N) is 1. The van der Waals surface area contributed by atoms with E-state index in [0.29, 0.717) is 0 Å². The lowest BCUT2D eigenvalue weighted by molar-refractivity contribution is -0.0132. The Hall–Kier alpha value is -1.04. The predicted octanol–water partition coefficient (Wildman–Crippen LogP) is 2.99. The summed E-state index contributed by atoms with van der Waals surface area (Å²) in [5.41, 5.74) is 1.77. The van der Waals surface area contributed by atoms with Crippen LogP contribution in [0.15, 0.2) is 24.3 Å². The van der Waals surface area contributed by atoms with E-state index in [9.17, 15) is 0 Å². The van der Waals surface area contributed by atoms with E-state index in [2.05, 4.69) is 63.8 Å². The van der Waals surface area contributed by atoms with Gasteiger partial charge in [-0.15, -0.1) is 0 Å². The van der Waals surface area contributed by atoms with E-state index in [1.54, 1.807) is 0 Å². The maximum absolute atomic E-state index is 6.12. The van der Waals surface area contributed by atoms with Crippen LogP contribution in [0.1, 0.15) is 47.5 Å². The van der Waals surface area contributed by atoms with E-state index >= 15 is 0 Å². The second kappa shape index (κ2) is 6.04. The fraction of sp³-hybridized carbons (Fsp3) is 0.684. The van der Waals surface area contributed by atoms with Crippen molar-refractivity contribution in [1.82, 2.24) is 0 Å². The summed E-state index contributed by atoms with van der Waals surface area (Å²) in [4.78, 5) is 2.43. The highest BCUT2D eigenvalue weighted by Gasteiger charge is 2.51. The molecule has 0 atom stereocenters. The molecule has 3 rings (SSSR count). The van der Waals surface area contributed by atoms with Gasteiger partial charge in [0.15, 0.2) is 0 Å². The molecule has 0 unspecified atom stereocenters. The summed E-state index contributed by atoms with van der Waals surface area (Å²) >= 11 is 0. The minimum absolute atomic E-state index is 0.0269. The van der Waals surface area contributed by atoms with Crippen molar-refractivity contribution in [3.63, 3.8) is 0 Å². The Balaban J connectivity index is 1.67. The number of ether oxygens (including phenoxy) is 1. The molecule has 0 amide bonds. The van der Waals surface area contributed by atoms with E-state index < -0.39 is 0 Å². The molecule has 2 heterocycles. The highest BCUT2D eigenvalue weighted by Crippen LogP contribution is 2.36. The third-order valence-corrected chi connectivity index (χ3v) is 6.10. The topological polar surface area (TPSA) is 30.9 Å². The van der Waals surface area contributed by atoms with Crippen molar-refractivity contribution in [3.05, 3.63) is 24.3 Å². The normalized spacial score (nSPS) is 25.1. The fourth-order valence-corrected chi connectivity index (χ4v) is 3.26. The molecule has 1 aromatic carbocycles. The third-order valence-electron chi connectivity index (χ3n) is 6.10. The van der Waals surface area contributed by atoms with Crippen molar-refractivity contribution >= 4 is 18.3 Å². The van der Waals surface area contributed by atoms with Gasteiger partial charge in [-0.05, 0) is 65.1 Å². The first-order valence-electron chi connectivity index (χ1n) is 8.92. The van der Waals surface area contributed by atoms with E-state index in [1.807, 2.05) is 7.11 Å². The van der Waals surface area contributed by atoms with Gasteiger partial charge < -0.3 is 18.9 Å². The lowest BCUT2D eigenvalue weighted by atomic mass is 9.79. The molecule has 0 saturated carbocycles. The van der Waals surface area contributed by atoms with E-state index in [4.69, 9.17) is 14.0 Å². The van der Waals surface area contributed by atoms with Gasteiger partial charge in [0.1, 0.15) is 0 Å². The van der Waals surface area contributed by atoms with Crippen LogP contribution in [0.3, 0.4) is 0 Å². The van der Waals surface area contributed by atoms with Gasteiger partial charge in [-0.1, -0.05) is 12.1 Å². The van der Waals surface area contributed by atoms with Crippen LogP contribution in [-0.4, -0.2) is 44.1 Å². The molecule has 1 aromatic rings. The number of benzene rings is 1. The standard InChI is InChI=1S/C19H30BNO3/c1-17(2)18(3,4)24-20(23-17)15-7-9-16(10-8-15)21-13-11-19(5,22-6)12-14-21/h7-10H,11-14H2,1-6H3. The van der Waals surface area contributed by atoms with Crippen molar-refractivity contribution in [1.29, 1.82) is 0 Å². The average Bonchev–Trinajstić information content (AvgIpc) is 2.76. The molecule has 4 nitrogen and oxygen atoms in total. The van der Waals surface area contributed by atoms with Crippen LogP contribution in [0, 0.1) is 0 Å². The molecule has 0 N–H and O–H groups in total. The number of hydrogen-bond donors (Lipinski definition) is 0. The first-order chi connectivity index (χ1) is 11.2. The summed E-state index contributed by atoms with van der Waals surface area (Å²) in [5, 5.41) is 0. The van der Waals surface area contributed by atoms with Gasteiger partial charge in [-0.3, -0.25) is 0 Å². The number of piperidine rings is 1. The molecule has 2 saturated heterocycles. The zero-order valence-corrected chi connectivity index (χ0v) is 15.9. The summed E-state index contributed by atoms with van der Waals surface area (Å²) < 4.78 is 17.9. The van der Waals surface area contributed by atoms with Crippen LogP contribution in [0.5, 0.6) is 0 Å². The van der Waals surface area contributed by atoms with E-state index in [-0.39, 0.29) is 23.9 Å². The SMILES string of the molecule is COC1(C)CCN(c2ccc(B3OC(C)(C)C(C)(C)O3)cc2)CC1. The second-order valence-electron chi connectivity index (χ2n) is 8.32. The molecule has 5 heteroatoms. The van der Waals surface area contributed by atoms with Crippen LogP contribution in [0.2, 0.25) is 0 Å². The Morgan fingerprint density at radius 2 is 1.42 bits per heavy atom. The summed E-state index contributed by atoms with van der Waals surface area (Å²) in [5.74, 6) is 0. The molecule has 0 radical (unpaired) electrons. The average molecular weight is 331 g/mol. The van der Waals surface area contributed by atoms with Gasteiger partial charge in [-0.25, -0.2) is 0 Å². The van der Waals surface area contributed by atoms with Gasteiger partial charge >= 0.3 is 7.12 Å². The number of rotatable bonds is 3. The maximum atomic E-state index is 6.12. The van der Waals surface area contributed by atoms with Crippen molar-refractivity contribution in [2.45, 2.75) is 64.3 Å². The fourth-order valence-electron chi connectivity index (χ4n) is 3.26. The van der Waals surface area contributed by atoms with Gasteiger partial charge in [0.05, 0.1) is 16.8 Å². The van der Waals surface area contributed by atoms with Crippen LogP contribution < -0.4 is 10.4 Å². The minimum atomic E-state index is -0.298. The van der Waals surface area contributed by atoms with Gasteiger partial charge in [0, 0.05) is 25.9 Å². The molecule has 24 heavy (non-hydrogen) atoms. The molecular formula is C19H30BNO3. The monoisotopic (exact) mass is 331 g/mol. The third kappa shape index (κ3) is 3.22. The molecule has 2 aliphatic rings. The molecule has 0 aliphatic carbocycles. The number of methoxy groups -OCH3 is 1. The van der Waals surface area contributed by atoms with Crippen LogP contribution >= 0.6 is 0 Å². The summed E-state index contributed by atoms with van der Waals surface area (Å²) in [6, 6.07) is 8.61. The highest BCUT2D eigenvalue weighted by molar-refractivity contribution is 6.62. The summed E-state index contributed by atoms with van der Waals surface area (Å²) in [6.45, 7) is 12.6. The van der Waals surface area contributed by atoms with Crippen molar-refractivity contribution in [2.24, 2.45) is 0 Å². The molecule has 0 bridgehead atoms. The number of anilines is 1. The predicted molar refractivity (Wildman–Crippen MR) is 99.0 cm³/mol. The Bertz CT molecular complexity index is 561. The van der Waals surface area contributed by atoms with Crippen LogP contribution in [0.4, 0.5) is 5.69 Å². The first-order valence-corrected chi connectivity index (χ1v) is 8.92. The largest absolute Gasteiger partial charge is 0.494 e. The number of hydrogen-bond acceptors (Lipinski definition) is 4. The van der Waals surface area contributed by atoms with E-state index in [0.717, 1.165) is 31.4 Å². The van der Waals surface area contributed by atoms with E-state index in [1.165, 1.54) is 5.69 Å². The quantitative estimate of drug-likeness (QED) is 0.797. The molecule has 2 aliphatic heterocycles. The summed E-state index contributed by atoms with van der Waals surface area (Å²) in [6.07, 6.45) is 2.12. The van der Waals surface area contributed by atoms with Crippen LogP contribution in [0.25, 0.3) is 0 Å². The van der Waals surface area contributed by atoms with Crippen molar-refractivity contribution in [3.8, 4) is 0 Å². The van der Waals surface area contributed by atoms with Gasteiger partial charge in [-0.2, -0.15) is 0 Å². The zero-order chi connectivity index (χ0) is 17.6. The van der Waals surface area contributed by atoms with Gasteiger partial charge in [0.25, 0.3) is 0 Å². The smallest absolute Gasteiger partial charge is 0.399 e. The Kier molecular flexibility index (Phi) is 4.48. The maximum Gasteiger partial charge on any atom is 0.494 e. The summed E-state index contributed by atoms with van der Waals surface area (Å²) in [7, 11) is 1.52. The van der Waals surface area contributed by atoms with Crippen LogP contribution in [-0.2, 0) is 14.0 Å². The lowest BCUT2D eigenvalue weighted by Crippen LogP contribution is -2.43. The van der Waals surface area contributed by atoms with Gasteiger partial charge in [0.2, 0.25) is 0 Å². The molecule has 2 fully saturated rings. The highest BCUT2D eigenvalue weighted by atomic mass is 16.7. The minimum Gasteiger partial charge on any atom is -0.399 e. The Labute approximate surface area is 146 Å². The Morgan fingerprint density at radius 1 is 0.917 bits per heavy atom. The molecule has 132 valence electrons. The first kappa shape index (κ1) is 17.8. The zero-order valence-electron chi connectivity index (χ0n) is 15.9. The molecule has 0 spiro atoms. The lowest BCUT2D eigenvalue weighted by Gasteiger charge is -2.39. The molecule has 0 aromatic heterocycles.